The summed E-state index contributed by atoms with van der Waals surface area (Å²) in [6.45, 7) is 82.7. The zero-order chi connectivity index (χ0) is 90.0. The molecule has 16 nitrogen and oxygen atoms in total. The smallest absolute Gasteiger partial charge is 0.196 e. The summed E-state index contributed by atoms with van der Waals surface area (Å²) >= 11 is 3.74. The summed E-state index contributed by atoms with van der Waals surface area (Å²) < 4.78 is 21.5. The first kappa shape index (κ1) is 111. The lowest BCUT2D eigenvalue weighted by Gasteiger charge is -2.04. The molecule has 678 valence electrons. The quantitative estimate of drug-likeness (QED) is 0.0361. The molecule has 119 heavy (non-hydrogen) atoms. The molecule has 0 spiro atoms. The van der Waals surface area contributed by atoms with Gasteiger partial charge in [-0.05, 0) is 224 Å². The van der Waals surface area contributed by atoms with Crippen molar-refractivity contribution < 1.29 is 8.83 Å². The van der Waals surface area contributed by atoms with Crippen molar-refractivity contribution in [3.63, 3.8) is 0 Å². The van der Waals surface area contributed by atoms with Gasteiger partial charge in [-0.25, -0.2) is 24.9 Å². The van der Waals surface area contributed by atoms with Gasteiger partial charge in [0.25, 0.3) is 0 Å². The fourth-order valence-electron chi connectivity index (χ4n) is 10.9. The van der Waals surface area contributed by atoms with Gasteiger partial charge >= 0.3 is 0 Å². The molecule has 9 aromatic heterocycles. The lowest BCUT2D eigenvalue weighted by molar-refractivity contribution is 0.420. The van der Waals surface area contributed by atoms with Gasteiger partial charge in [0.2, 0.25) is 0 Å². The molecule has 0 aromatic carbocycles. The van der Waals surface area contributed by atoms with E-state index in [0.29, 0.717) is 47.6 Å². The van der Waals surface area contributed by atoms with Crippen LogP contribution in [0.15, 0.2) is 95.5 Å². The van der Waals surface area contributed by atoms with E-state index in [9.17, 15) is 0 Å². The highest BCUT2D eigenvalue weighted by Gasteiger charge is 2.14. The number of thiazole rings is 2. The van der Waals surface area contributed by atoms with Crippen molar-refractivity contribution in [2.45, 2.75) is 426 Å². The van der Waals surface area contributed by atoms with Gasteiger partial charge in [-0.1, -0.05) is 222 Å². The third kappa shape index (κ3) is 54.8. The van der Waals surface area contributed by atoms with Crippen LogP contribution in [0.4, 0.5) is 0 Å². The monoisotopic (exact) mass is 1690 g/mol. The van der Waals surface area contributed by atoms with Crippen molar-refractivity contribution in [1.82, 2.24) is 68.6 Å². The first-order valence-corrected chi connectivity index (χ1v) is 48.4. The van der Waals surface area contributed by atoms with E-state index in [2.05, 4.69) is 352 Å². The SMILES string of the molecule is CC(C)CCc1ccn(CCC(C)C)n1.CC(C)CCc1cn(CCC(C)C)cn1.CC(C)CCc1cnc(CCC(C)C)o1.CC(C)CCc1cnc(CCC(C)C)s1.CC(C)CCc1cnn(CCC(C)C)c1.CC(C)c1ccn(C(C)C)n1.CC(C)c1cnc(C(C)C)o1.CC(C)c1cnc(C(C)C)s1.CC(C)c1cnn(C(C)C)c1. The fourth-order valence-corrected chi connectivity index (χ4v) is 12.8. The first-order valence-electron chi connectivity index (χ1n) is 46.7. The maximum absolute atomic E-state index is 5.67. The number of oxazole rings is 2. The van der Waals surface area contributed by atoms with Crippen LogP contribution in [0.1, 0.15) is 432 Å². The van der Waals surface area contributed by atoms with Crippen LogP contribution in [-0.4, -0.2) is 68.6 Å². The summed E-state index contributed by atoms with van der Waals surface area (Å²) in [5.41, 5.74) is 6.37. The van der Waals surface area contributed by atoms with E-state index in [-0.39, 0.29) is 0 Å². The van der Waals surface area contributed by atoms with Crippen LogP contribution in [0, 0.1) is 59.2 Å². The van der Waals surface area contributed by atoms with E-state index < -0.39 is 0 Å². The molecule has 0 aliphatic carbocycles. The van der Waals surface area contributed by atoms with E-state index >= 15 is 0 Å². The molecule has 0 unspecified atom stereocenters. The molecule has 18 heteroatoms. The number of aromatic nitrogens is 14. The molecule has 0 saturated carbocycles. The summed E-state index contributed by atoms with van der Waals surface area (Å²) in [5.74, 6) is 14.6. The fraction of sp³-hybridized carbons (Fsp3) is 0.733. The number of aryl methyl sites for hydroxylation is 10. The highest BCUT2D eigenvalue weighted by molar-refractivity contribution is 7.12. The molecule has 0 saturated heterocycles. The number of hydrogen-bond acceptors (Lipinski definition) is 13. The average Bonchev–Trinajstić information content (AvgIpc) is 1.75. The number of hydrogen-bond donors (Lipinski definition) is 0. The highest BCUT2D eigenvalue weighted by Crippen LogP contribution is 2.27. The van der Waals surface area contributed by atoms with Gasteiger partial charge < -0.3 is 13.4 Å². The second-order valence-electron chi connectivity index (χ2n) is 39.6. The van der Waals surface area contributed by atoms with Crippen LogP contribution in [-0.2, 0) is 64.6 Å². The minimum atomic E-state index is 0.391. The molecule has 9 rings (SSSR count). The summed E-state index contributed by atoms with van der Waals surface area (Å²) in [6, 6.07) is 5.19. The minimum Gasteiger partial charge on any atom is -0.446 e. The minimum absolute atomic E-state index is 0.391. The molecule has 9 heterocycles. The van der Waals surface area contributed by atoms with Crippen molar-refractivity contribution in [2.24, 2.45) is 59.2 Å². The molecule has 0 fully saturated rings. The van der Waals surface area contributed by atoms with Crippen LogP contribution in [0.2, 0.25) is 0 Å². The Bertz CT molecular complexity index is 3080. The van der Waals surface area contributed by atoms with Gasteiger partial charge in [-0.15, -0.1) is 22.7 Å². The van der Waals surface area contributed by atoms with Crippen molar-refractivity contribution >= 4 is 22.7 Å². The summed E-state index contributed by atoms with van der Waals surface area (Å²) in [4.78, 5) is 24.6. The molecule has 0 N–H and O–H groups in total. The van der Waals surface area contributed by atoms with Crippen molar-refractivity contribution in [3.05, 3.63) is 158 Å². The molecular weight excluding hydrogens is 1510 g/mol. The van der Waals surface area contributed by atoms with Gasteiger partial charge in [0, 0.05) is 115 Å². The lowest BCUT2D eigenvalue weighted by atomic mass is 10.1. The summed E-state index contributed by atoms with van der Waals surface area (Å²) in [7, 11) is 0. The van der Waals surface area contributed by atoms with Crippen LogP contribution in [0.5, 0.6) is 0 Å². The number of rotatable bonds is 38. The molecule has 0 atom stereocenters. The molecule has 0 radical (unpaired) electrons. The summed E-state index contributed by atoms with van der Waals surface area (Å²) in [5, 5.41) is 20.2. The Kier molecular flexibility index (Phi) is 57.6. The normalized spacial score (nSPS) is 11.5. The van der Waals surface area contributed by atoms with Gasteiger partial charge in [0.1, 0.15) is 11.5 Å². The highest BCUT2D eigenvalue weighted by atomic mass is 32.1. The van der Waals surface area contributed by atoms with E-state index in [1.807, 2.05) is 75.5 Å². The second kappa shape index (κ2) is 61.9. The third-order valence-electron chi connectivity index (χ3n) is 19.7. The predicted molar refractivity (Wildman–Crippen MR) is 514 cm³/mol. The standard InChI is InChI=1S/3C13H24N2.C13H23NO.C13H23NS.2C9H16N2.C9H15NO.C9H15NS/c1-11(2)5-6-13-8-10-15(14-13)9-7-12(3)4;1-11(2)5-6-13-9-15(10-14-13)8-7-12(3)4;1-11(2)5-6-13-9-14-15(10-13)8-7-12(3)4;2*1-10(2)5-7-12-9-14-13(15-12)8-6-11(3)4;1-7(2)9-5-10-11(6-9)8(3)4;1-7(2)9-5-6-11(10-9)8(3)4;2*1-6(2)8-5-10-9(11-8)7(3)4/h8,10-12H,5-7,9H2,1-4H3;2*9-12H,5-8H2,1-4H3;2*9-11H,5-8H2,1-4H3;2*5-8H,1-4H3;2*5-7H,1-4H3. The maximum atomic E-state index is 5.67. The first-order chi connectivity index (χ1) is 55.8. The van der Waals surface area contributed by atoms with Gasteiger partial charge in [0.05, 0.1) is 58.2 Å². The van der Waals surface area contributed by atoms with Gasteiger partial charge in [-0.2, -0.15) is 20.4 Å². The topological polar surface area (TPSA) is 167 Å². The Morgan fingerprint density at radius 1 is 0.345 bits per heavy atom. The molecular formula is C101H180N14O2S2. The Morgan fingerprint density at radius 2 is 0.874 bits per heavy atom. The van der Waals surface area contributed by atoms with Gasteiger partial charge in [0.15, 0.2) is 11.8 Å². The Labute approximate surface area is 738 Å². The molecule has 0 aliphatic heterocycles. The number of nitrogens with zero attached hydrogens (tertiary/aromatic N) is 14. The van der Waals surface area contributed by atoms with Crippen LogP contribution < -0.4 is 0 Å². The third-order valence-corrected chi connectivity index (χ3v) is 22.4. The Morgan fingerprint density at radius 3 is 1.34 bits per heavy atom. The van der Waals surface area contributed by atoms with E-state index in [1.54, 1.807) is 0 Å². The van der Waals surface area contributed by atoms with Crippen LogP contribution >= 0.6 is 22.7 Å². The maximum Gasteiger partial charge on any atom is 0.196 e. The number of imidazole rings is 1. The van der Waals surface area contributed by atoms with Crippen LogP contribution in [0.25, 0.3) is 0 Å². The largest absolute Gasteiger partial charge is 0.446 e. The molecule has 9 aromatic rings. The zero-order valence-corrected chi connectivity index (χ0v) is 84.6. The van der Waals surface area contributed by atoms with Gasteiger partial charge in [-0.3, -0.25) is 18.7 Å². The Hall–Kier alpha value is -6.27. The van der Waals surface area contributed by atoms with E-state index in [4.69, 9.17) is 8.83 Å². The van der Waals surface area contributed by atoms with E-state index in [1.165, 1.54) is 119 Å². The summed E-state index contributed by atoms with van der Waals surface area (Å²) in [6.07, 6.45) is 44.4. The zero-order valence-electron chi connectivity index (χ0n) is 83.0. The second-order valence-corrected chi connectivity index (χ2v) is 41.9. The van der Waals surface area contributed by atoms with E-state index in [0.717, 1.165) is 141 Å². The molecule has 0 amide bonds. The average molecular weight is 1690 g/mol. The molecule has 0 bridgehead atoms. The van der Waals surface area contributed by atoms with Crippen LogP contribution in [0.3, 0.4) is 0 Å². The van der Waals surface area contributed by atoms with Crippen molar-refractivity contribution in [2.75, 3.05) is 0 Å². The Balaban J connectivity index is 0.000000671. The van der Waals surface area contributed by atoms with Crippen molar-refractivity contribution in [3.8, 4) is 0 Å². The predicted octanol–water partition coefficient (Wildman–Crippen LogP) is 30.2. The molecule has 0 aliphatic rings. The van der Waals surface area contributed by atoms with Crippen molar-refractivity contribution in [1.29, 1.82) is 0 Å². The lowest BCUT2D eigenvalue weighted by Crippen LogP contribution is -2.03.